The molecular formula is C23H26N2O6S. The summed E-state index contributed by atoms with van der Waals surface area (Å²) in [6.07, 6.45) is 0.881. The number of hydrogen-bond acceptors (Lipinski definition) is 6. The van der Waals surface area contributed by atoms with E-state index in [-0.39, 0.29) is 48.3 Å². The molecule has 0 unspecified atom stereocenters. The number of ketones is 1. The summed E-state index contributed by atoms with van der Waals surface area (Å²) in [5, 5.41) is 2.70. The lowest BCUT2D eigenvalue weighted by molar-refractivity contribution is -0.118. The van der Waals surface area contributed by atoms with Crippen LogP contribution in [0.5, 0.6) is 11.5 Å². The topological polar surface area (TPSA) is 102 Å². The zero-order chi connectivity index (χ0) is 22.9. The summed E-state index contributed by atoms with van der Waals surface area (Å²) in [4.78, 5) is 24.7. The van der Waals surface area contributed by atoms with Crippen LogP contribution in [0, 0.1) is 5.92 Å². The molecule has 0 saturated carbocycles. The molecule has 170 valence electrons. The summed E-state index contributed by atoms with van der Waals surface area (Å²) in [6.45, 7) is 4.32. The van der Waals surface area contributed by atoms with Crippen molar-refractivity contribution >= 4 is 27.4 Å². The molecule has 2 aliphatic heterocycles. The zero-order valence-electron chi connectivity index (χ0n) is 18.0. The predicted molar refractivity (Wildman–Crippen MR) is 119 cm³/mol. The van der Waals surface area contributed by atoms with Gasteiger partial charge in [0.2, 0.25) is 10.0 Å². The Hall–Kier alpha value is -2.91. The van der Waals surface area contributed by atoms with Crippen LogP contribution in [0.25, 0.3) is 0 Å². The number of Topliss-reactive ketones (excluding diaryl/α,β-unsaturated/α-hetero) is 1. The maximum atomic E-state index is 13.0. The molecule has 1 saturated heterocycles. The molecule has 0 atom stereocenters. The van der Waals surface area contributed by atoms with Crippen LogP contribution in [0.15, 0.2) is 47.4 Å². The molecule has 1 fully saturated rings. The number of nitrogens with one attached hydrogen (secondary N) is 1. The first-order chi connectivity index (χ1) is 15.2. The van der Waals surface area contributed by atoms with Gasteiger partial charge in [-0.1, -0.05) is 0 Å². The van der Waals surface area contributed by atoms with Crippen LogP contribution < -0.4 is 14.8 Å². The van der Waals surface area contributed by atoms with Gasteiger partial charge in [0.25, 0.3) is 5.91 Å². The van der Waals surface area contributed by atoms with Crippen LogP contribution in [0.1, 0.15) is 37.0 Å². The van der Waals surface area contributed by atoms with E-state index in [4.69, 9.17) is 9.47 Å². The number of sulfonamides is 1. The number of nitrogens with zero attached hydrogens (tertiary/aromatic N) is 1. The van der Waals surface area contributed by atoms with E-state index in [2.05, 4.69) is 5.32 Å². The number of rotatable bonds is 6. The molecule has 2 aromatic rings. The third kappa shape index (κ3) is 4.63. The lowest BCUT2D eigenvalue weighted by Gasteiger charge is -2.30. The van der Waals surface area contributed by atoms with Crippen LogP contribution in [0.3, 0.4) is 0 Å². The monoisotopic (exact) mass is 458 g/mol. The van der Waals surface area contributed by atoms with Crippen LogP contribution in [-0.2, 0) is 14.8 Å². The van der Waals surface area contributed by atoms with Crippen molar-refractivity contribution in [1.29, 1.82) is 0 Å². The van der Waals surface area contributed by atoms with Gasteiger partial charge in [0.1, 0.15) is 11.5 Å². The number of amides is 1. The fraction of sp³-hybridized carbons (Fsp3) is 0.391. The Balaban J connectivity index is 1.41. The minimum Gasteiger partial charge on any atom is -0.491 e. The molecule has 2 aliphatic rings. The summed E-state index contributed by atoms with van der Waals surface area (Å²) in [7, 11) is -3.64. The first-order valence-corrected chi connectivity index (χ1v) is 12.1. The van der Waals surface area contributed by atoms with Gasteiger partial charge in [0, 0.05) is 24.6 Å². The Bertz CT molecular complexity index is 1120. The number of ether oxygens (including phenoxy) is 2. The standard InChI is InChI=1S/C23H26N2O6S/c1-15(2)31-18-4-6-19(7-5-18)32(28,29)25-11-9-16(10-12-25)23(27)17-3-8-21-20(13-17)24-22(26)14-30-21/h3-8,13,15-16H,9-12,14H2,1-2H3,(H,24,26). The number of carbonyl (C=O) groups excluding carboxylic acids is 2. The number of piperidine rings is 1. The first kappa shape index (κ1) is 22.3. The van der Waals surface area contributed by atoms with Crippen molar-refractivity contribution in [1.82, 2.24) is 4.31 Å². The van der Waals surface area contributed by atoms with Gasteiger partial charge >= 0.3 is 0 Å². The minimum absolute atomic E-state index is 0.00735. The van der Waals surface area contributed by atoms with Crippen molar-refractivity contribution < 1.29 is 27.5 Å². The second-order valence-electron chi connectivity index (χ2n) is 8.23. The van der Waals surface area contributed by atoms with Crippen molar-refractivity contribution in [3.63, 3.8) is 0 Å². The van der Waals surface area contributed by atoms with Gasteiger partial charge in [0.05, 0.1) is 16.7 Å². The first-order valence-electron chi connectivity index (χ1n) is 10.6. The molecule has 0 bridgehead atoms. The van der Waals surface area contributed by atoms with Gasteiger partial charge in [-0.15, -0.1) is 0 Å². The predicted octanol–water partition coefficient (Wildman–Crippen LogP) is 3.09. The molecule has 2 aromatic carbocycles. The highest BCUT2D eigenvalue weighted by Gasteiger charge is 2.33. The van der Waals surface area contributed by atoms with Gasteiger partial charge < -0.3 is 14.8 Å². The van der Waals surface area contributed by atoms with Crippen molar-refractivity contribution in [3.05, 3.63) is 48.0 Å². The molecule has 4 rings (SSSR count). The summed E-state index contributed by atoms with van der Waals surface area (Å²) < 4.78 is 38.3. The molecule has 0 aliphatic carbocycles. The summed E-state index contributed by atoms with van der Waals surface area (Å²) >= 11 is 0. The Morgan fingerprint density at radius 1 is 1.12 bits per heavy atom. The van der Waals surface area contributed by atoms with Gasteiger partial charge in [-0.05, 0) is 69.2 Å². The smallest absolute Gasteiger partial charge is 0.262 e. The van der Waals surface area contributed by atoms with Crippen molar-refractivity contribution in [3.8, 4) is 11.5 Å². The second kappa shape index (κ2) is 8.91. The molecule has 9 heteroatoms. The van der Waals surface area contributed by atoms with Crippen LogP contribution in [0.2, 0.25) is 0 Å². The molecule has 0 radical (unpaired) electrons. The van der Waals surface area contributed by atoms with Crippen LogP contribution in [-0.4, -0.2) is 50.2 Å². The lowest BCUT2D eigenvalue weighted by atomic mass is 9.89. The normalized spacial score (nSPS) is 17.4. The molecule has 0 aromatic heterocycles. The molecule has 1 amide bonds. The quantitative estimate of drug-likeness (QED) is 0.668. The summed E-state index contributed by atoms with van der Waals surface area (Å²) in [5.74, 6) is 0.563. The van der Waals surface area contributed by atoms with E-state index in [1.807, 2.05) is 13.8 Å². The maximum Gasteiger partial charge on any atom is 0.262 e. The zero-order valence-corrected chi connectivity index (χ0v) is 18.9. The van der Waals surface area contributed by atoms with E-state index in [0.29, 0.717) is 35.6 Å². The highest BCUT2D eigenvalue weighted by molar-refractivity contribution is 7.89. The van der Waals surface area contributed by atoms with Gasteiger partial charge in [-0.25, -0.2) is 8.42 Å². The molecule has 8 nitrogen and oxygen atoms in total. The Labute approximate surface area is 187 Å². The number of hydrogen-bond donors (Lipinski definition) is 1. The Morgan fingerprint density at radius 2 is 1.81 bits per heavy atom. The van der Waals surface area contributed by atoms with E-state index in [9.17, 15) is 18.0 Å². The second-order valence-corrected chi connectivity index (χ2v) is 10.2. The van der Waals surface area contributed by atoms with E-state index in [1.165, 1.54) is 4.31 Å². The SMILES string of the molecule is CC(C)Oc1ccc(S(=O)(=O)N2CCC(C(=O)c3ccc4c(c3)NC(=O)CO4)CC2)cc1. The minimum atomic E-state index is -3.64. The number of anilines is 1. The largest absolute Gasteiger partial charge is 0.491 e. The fourth-order valence-electron chi connectivity index (χ4n) is 3.94. The van der Waals surface area contributed by atoms with Crippen molar-refractivity contribution in [2.75, 3.05) is 25.0 Å². The lowest BCUT2D eigenvalue weighted by Crippen LogP contribution is -2.40. The Kier molecular flexibility index (Phi) is 6.21. The van der Waals surface area contributed by atoms with Gasteiger partial charge in [0.15, 0.2) is 12.4 Å². The number of benzene rings is 2. The molecule has 2 heterocycles. The number of carbonyl (C=O) groups is 2. The molecular weight excluding hydrogens is 432 g/mol. The average molecular weight is 459 g/mol. The van der Waals surface area contributed by atoms with E-state index in [0.717, 1.165) is 0 Å². The highest BCUT2D eigenvalue weighted by Crippen LogP contribution is 2.32. The molecule has 32 heavy (non-hydrogen) atoms. The number of fused-ring (bicyclic) bond motifs is 1. The van der Waals surface area contributed by atoms with E-state index < -0.39 is 10.0 Å². The van der Waals surface area contributed by atoms with Crippen LogP contribution >= 0.6 is 0 Å². The van der Waals surface area contributed by atoms with Crippen molar-refractivity contribution in [2.24, 2.45) is 5.92 Å². The van der Waals surface area contributed by atoms with E-state index >= 15 is 0 Å². The van der Waals surface area contributed by atoms with Crippen LogP contribution in [0.4, 0.5) is 5.69 Å². The maximum absolute atomic E-state index is 13.0. The van der Waals surface area contributed by atoms with E-state index in [1.54, 1.807) is 42.5 Å². The Morgan fingerprint density at radius 3 is 2.47 bits per heavy atom. The average Bonchev–Trinajstić information content (AvgIpc) is 2.78. The third-order valence-electron chi connectivity index (χ3n) is 5.55. The third-order valence-corrected chi connectivity index (χ3v) is 7.47. The molecule has 0 spiro atoms. The molecule has 1 N–H and O–H groups in total. The van der Waals surface area contributed by atoms with Crippen molar-refractivity contribution in [2.45, 2.75) is 37.7 Å². The fourth-order valence-corrected chi connectivity index (χ4v) is 5.41. The van der Waals surface area contributed by atoms with Gasteiger partial charge in [-0.3, -0.25) is 9.59 Å². The summed E-state index contributed by atoms with van der Waals surface area (Å²) in [5.41, 5.74) is 0.966. The highest BCUT2D eigenvalue weighted by atomic mass is 32.2. The summed E-state index contributed by atoms with van der Waals surface area (Å²) in [6, 6.07) is 11.4. The van der Waals surface area contributed by atoms with Gasteiger partial charge in [-0.2, -0.15) is 4.31 Å².